The van der Waals surface area contributed by atoms with Crippen LogP contribution in [0.4, 0.5) is 0 Å². The molecule has 15 heavy (non-hydrogen) atoms. The lowest BCUT2D eigenvalue weighted by molar-refractivity contribution is -0.0768. The maximum absolute atomic E-state index is 5.95. The van der Waals surface area contributed by atoms with E-state index >= 15 is 0 Å². The van der Waals surface area contributed by atoms with Gasteiger partial charge in [0.25, 0.3) is 0 Å². The Morgan fingerprint density at radius 3 is 2.87 bits per heavy atom. The topological polar surface area (TPSA) is 22.4 Å². The van der Waals surface area contributed by atoms with Gasteiger partial charge in [0.1, 0.15) is 11.9 Å². The predicted octanol–water partition coefficient (Wildman–Crippen LogP) is 3.71. The van der Waals surface area contributed by atoms with Crippen LogP contribution in [0, 0.1) is 5.92 Å². The van der Waals surface area contributed by atoms with Gasteiger partial charge in [0.05, 0.1) is 12.4 Å². The van der Waals surface area contributed by atoms with E-state index in [9.17, 15) is 0 Å². The second-order valence-electron chi connectivity index (χ2n) is 4.41. The van der Waals surface area contributed by atoms with Crippen molar-refractivity contribution in [3.05, 3.63) is 36.3 Å². The smallest absolute Gasteiger partial charge is 0.133 e. The van der Waals surface area contributed by atoms with E-state index in [1.807, 2.05) is 12.1 Å². The highest BCUT2D eigenvalue weighted by molar-refractivity contribution is 5.11. The number of ether oxygens (including phenoxy) is 1. The van der Waals surface area contributed by atoms with Crippen molar-refractivity contribution in [3.63, 3.8) is 0 Å². The molecule has 0 spiro atoms. The Balaban J connectivity index is 2.20. The van der Waals surface area contributed by atoms with Crippen molar-refractivity contribution in [3.8, 4) is 0 Å². The normalized spacial score (nSPS) is 31.5. The van der Waals surface area contributed by atoms with Crippen LogP contribution in [0.2, 0.25) is 0 Å². The van der Waals surface area contributed by atoms with E-state index in [-0.39, 0.29) is 6.10 Å². The van der Waals surface area contributed by atoms with Crippen molar-refractivity contribution in [2.45, 2.75) is 38.9 Å². The maximum atomic E-state index is 5.95. The lowest BCUT2D eigenvalue weighted by atomic mass is 9.86. The first-order valence-electron chi connectivity index (χ1n) is 5.52. The summed E-state index contributed by atoms with van der Waals surface area (Å²) < 4.78 is 11.4. The third-order valence-corrected chi connectivity index (χ3v) is 3.09. The van der Waals surface area contributed by atoms with Crippen molar-refractivity contribution in [1.29, 1.82) is 0 Å². The molecule has 0 aromatic carbocycles. The molecule has 2 heteroatoms. The van der Waals surface area contributed by atoms with Gasteiger partial charge in [-0.15, -0.1) is 0 Å². The predicted molar refractivity (Wildman–Crippen MR) is 59.5 cm³/mol. The minimum Gasteiger partial charge on any atom is -0.467 e. The Kier molecular flexibility index (Phi) is 2.96. The second kappa shape index (κ2) is 4.23. The van der Waals surface area contributed by atoms with Crippen LogP contribution < -0.4 is 0 Å². The molecule has 82 valence electrons. The summed E-state index contributed by atoms with van der Waals surface area (Å²) in [6.07, 6.45) is 4.32. The standard InChI is InChI=1S/C13H18O2/c1-9(2)11-7-6-10(3)15-13(11)12-5-4-8-14-12/h4-5,8,10-11,13H,1,6-7H2,2-3H3. The number of furan rings is 1. The first kappa shape index (κ1) is 10.5. The van der Waals surface area contributed by atoms with E-state index in [4.69, 9.17) is 9.15 Å². The molecule has 0 amide bonds. The van der Waals surface area contributed by atoms with E-state index in [2.05, 4.69) is 20.4 Å². The highest BCUT2D eigenvalue weighted by atomic mass is 16.5. The summed E-state index contributed by atoms with van der Waals surface area (Å²) in [6.45, 7) is 8.23. The highest BCUT2D eigenvalue weighted by Gasteiger charge is 2.32. The highest BCUT2D eigenvalue weighted by Crippen LogP contribution is 2.39. The SMILES string of the molecule is C=C(C)C1CCC(C)OC1c1ccco1. The molecule has 3 atom stereocenters. The van der Waals surface area contributed by atoms with Crippen LogP contribution in [0.25, 0.3) is 0 Å². The fourth-order valence-corrected chi connectivity index (χ4v) is 2.20. The van der Waals surface area contributed by atoms with E-state index in [1.54, 1.807) is 6.26 Å². The molecule has 2 rings (SSSR count). The molecule has 0 bridgehead atoms. The molecule has 3 unspecified atom stereocenters. The van der Waals surface area contributed by atoms with Gasteiger partial charge >= 0.3 is 0 Å². The molecule has 0 saturated carbocycles. The van der Waals surface area contributed by atoms with Crippen molar-refractivity contribution < 1.29 is 9.15 Å². The average Bonchev–Trinajstić information content (AvgIpc) is 2.69. The van der Waals surface area contributed by atoms with Gasteiger partial charge < -0.3 is 9.15 Å². The zero-order valence-corrected chi connectivity index (χ0v) is 9.40. The van der Waals surface area contributed by atoms with Gasteiger partial charge in [-0.05, 0) is 38.8 Å². The van der Waals surface area contributed by atoms with Crippen LogP contribution in [0.5, 0.6) is 0 Å². The number of hydrogen-bond donors (Lipinski definition) is 0. The summed E-state index contributed by atoms with van der Waals surface area (Å²) in [7, 11) is 0. The minimum atomic E-state index is 0.0567. The summed E-state index contributed by atoms with van der Waals surface area (Å²) in [5.41, 5.74) is 1.18. The monoisotopic (exact) mass is 206 g/mol. The van der Waals surface area contributed by atoms with Gasteiger partial charge in [0.15, 0.2) is 0 Å². The Hall–Kier alpha value is -1.02. The average molecular weight is 206 g/mol. The molecule has 1 saturated heterocycles. The van der Waals surface area contributed by atoms with Crippen molar-refractivity contribution >= 4 is 0 Å². The summed E-state index contributed by atoms with van der Waals surface area (Å²) >= 11 is 0. The first-order chi connectivity index (χ1) is 7.18. The fourth-order valence-electron chi connectivity index (χ4n) is 2.20. The summed E-state index contributed by atoms with van der Waals surface area (Å²) in [6, 6.07) is 3.89. The van der Waals surface area contributed by atoms with E-state index < -0.39 is 0 Å². The molecule has 0 radical (unpaired) electrons. The third kappa shape index (κ3) is 2.15. The molecule has 1 aliphatic rings. The zero-order chi connectivity index (χ0) is 10.8. The van der Waals surface area contributed by atoms with Gasteiger partial charge in [-0.25, -0.2) is 0 Å². The molecule has 1 aromatic heterocycles. The molecule has 1 aromatic rings. The Bertz CT molecular complexity index is 326. The lowest BCUT2D eigenvalue weighted by Gasteiger charge is -2.34. The van der Waals surface area contributed by atoms with E-state index in [1.165, 1.54) is 5.57 Å². The molecule has 0 aliphatic carbocycles. The largest absolute Gasteiger partial charge is 0.467 e. The Morgan fingerprint density at radius 2 is 2.27 bits per heavy atom. The molecular weight excluding hydrogens is 188 g/mol. The van der Waals surface area contributed by atoms with Crippen molar-refractivity contribution in [2.75, 3.05) is 0 Å². The molecule has 2 nitrogen and oxygen atoms in total. The second-order valence-corrected chi connectivity index (χ2v) is 4.41. The third-order valence-electron chi connectivity index (χ3n) is 3.09. The first-order valence-corrected chi connectivity index (χ1v) is 5.52. The number of hydrogen-bond acceptors (Lipinski definition) is 2. The Labute approximate surface area is 90.9 Å². The summed E-state index contributed by atoms with van der Waals surface area (Å²) in [4.78, 5) is 0. The fraction of sp³-hybridized carbons (Fsp3) is 0.538. The van der Waals surface area contributed by atoms with Crippen molar-refractivity contribution in [2.24, 2.45) is 5.92 Å². The zero-order valence-electron chi connectivity index (χ0n) is 9.40. The quantitative estimate of drug-likeness (QED) is 0.688. The molecule has 1 fully saturated rings. The van der Waals surface area contributed by atoms with Gasteiger partial charge in [0, 0.05) is 5.92 Å². The van der Waals surface area contributed by atoms with E-state index in [0.717, 1.165) is 18.6 Å². The van der Waals surface area contributed by atoms with Crippen LogP contribution in [0.3, 0.4) is 0 Å². The number of rotatable bonds is 2. The van der Waals surface area contributed by atoms with Gasteiger partial charge in [0.2, 0.25) is 0 Å². The summed E-state index contributed by atoms with van der Waals surface area (Å²) in [5, 5.41) is 0. The van der Waals surface area contributed by atoms with Gasteiger partial charge in [-0.3, -0.25) is 0 Å². The molecule has 2 heterocycles. The van der Waals surface area contributed by atoms with Gasteiger partial charge in [-0.1, -0.05) is 12.2 Å². The van der Waals surface area contributed by atoms with Crippen LogP contribution in [-0.4, -0.2) is 6.10 Å². The maximum Gasteiger partial charge on any atom is 0.133 e. The van der Waals surface area contributed by atoms with Crippen molar-refractivity contribution in [1.82, 2.24) is 0 Å². The van der Waals surface area contributed by atoms with E-state index in [0.29, 0.717) is 12.0 Å². The van der Waals surface area contributed by atoms with Crippen LogP contribution in [0.1, 0.15) is 38.6 Å². The van der Waals surface area contributed by atoms with Crippen LogP contribution in [0.15, 0.2) is 35.0 Å². The van der Waals surface area contributed by atoms with Crippen LogP contribution >= 0.6 is 0 Å². The van der Waals surface area contributed by atoms with Crippen LogP contribution in [-0.2, 0) is 4.74 Å². The van der Waals surface area contributed by atoms with Gasteiger partial charge in [-0.2, -0.15) is 0 Å². The Morgan fingerprint density at radius 1 is 1.47 bits per heavy atom. The minimum absolute atomic E-state index is 0.0567. The molecular formula is C13H18O2. The lowest BCUT2D eigenvalue weighted by Crippen LogP contribution is -2.27. The molecule has 1 aliphatic heterocycles. The summed E-state index contributed by atoms with van der Waals surface area (Å²) in [5.74, 6) is 1.32. The molecule has 0 N–H and O–H groups in total.